The maximum absolute atomic E-state index is 12.0. The van der Waals surface area contributed by atoms with Gasteiger partial charge in [0.2, 0.25) is 0 Å². The molecule has 2 heterocycles. The first-order valence-corrected chi connectivity index (χ1v) is 8.31. The summed E-state index contributed by atoms with van der Waals surface area (Å²) in [5.74, 6) is -2.20. The first-order chi connectivity index (χ1) is 13.2. The van der Waals surface area contributed by atoms with Gasteiger partial charge < -0.3 is 19.7 Å². The number of aromatic nitrogens is 2. The maximum Gasteiger partial charge on any atom is 0.335 e. The van der Waals surface area contributed by atoms with Crippen molar-refractivity contribution in [2.24, 2.45) is 5.11 Å². The second kappa shape index (κ2) is 9.17. The molecule has 3 N–H and O–H groups in total. The summed E-state index contributed by atoms with van der Waals surface area (Å²) in [7, 11) is 0. The van der Waals surface area contributed by atoms with Gasteiger partial charge in [-0.25, -0.2) is 9.59 Å². The van der Waals surface area contributed by atoms with E-state index in [1.165, 1.54) is 13.1 Å². The number of nitrogens with one attached hydrogen (secondary N) is 1. The van der Waals surface area contributed by atoms with Gasteiger partial charge in [0.15, 0.2) is 6.10 Å². The molecule has 0 aromatic carbocycles. The van der Waals surface area contributed by atoms with E-state index in [1.807, 2.05) is 0 Å². The summed E-state index contributed by atoms with van der Waals surface area (Å²) >= 11 is 0. The van der Waals surface area contributed by atoms with Crippen molar-refractivity contribution in [1.82, 2.24) is 9.55 Å². The van der Waals surface area contributed by atoms with Crippen LogP contribution in [0.2, 0.25) is 0 Å². The Kier molecular flexibility index (Phi) is 6.93. The number of aliphatic hydroxyl groups excluding tert-OH is 1. The third-order valence-electron chi connectivity index (χ3n) is 4.15. The van der Waals surface area contributed by atoms with Crippen LogP contribution in [0.5, 0.6) is 0 Å². The molecule has 13 nitrogen and oxygen atoms in total. The third kappa shape index (κ3) is 5.19. The molecular weight excluding hydrogens is 378 g/mol. The van der Waals surface area contributed by atoms with Crippen molar-refractivity contribution in [3.05, 3.63) is 43.0 Å². The first-order valence-electron chi connectivity index (χ1n) is 8.31. The number of H-pyrrole nitrogens is 1. The van der Waals surface area contributed by atoms with Gasteiger partial charge in [-0.3, -0.25) is 19.1 Å². The number of aliphatic hydroxyl groups is 1. The number of hydrogen-bond donors (Lipinski definition) is 3. The van der Waals surface area contributed by atoms with Crippen LogP contribution in [0.1, 0.15) is 31.1 Å². The van der Waals surface area contributed by atoms with Crippen molar-refractivity contribution in [3.63, 3.8) is 0 Å². The van der Waals surface area contributed by atoms with Crippen LogP contribution in [-0.4, -0.2) is 56.6 Å². The van der Waals surface area contributed by atoms with E-state index in [2.05, 4.69) is 15.0 Å². The molecule has 0 radical (unpaired) electrons. The Morgan fingerprint density at radius 1 is 1.54 bits per heavy atom. The lowest BCUT2D eigenvalue weighted by Gasteiger charge is -2.17. The highest BCUT2D eigenvalue weighted by Crippen LogP contribution is 2.30. The average molecular weight is 397 g/mol. The molecular formula is C15H19N5O8. The zero-order valence-corrected chi connectivity index (χ0v) is 14.8. The molecule has 152 valence electrons. The molecule has 1 aliphatic rings. The lowest BCUT2D eigenvalue weighted by molar-refractivity contribution is -0.159. The Hall–Kier alpha value is -3.15. The van der Waals surface area contributed by atoms with E-state index >= 15 is 0 Å². The molecule has 1 aromatic heterocycles. The zero-order valence-electron chi connectivity index (χ0n) is 14.8. The predicted octanol–water partition coefficient (Wildman–Crippen LogP) is -0.420. The first kappa shape index (κ1) is 21.2. The molecule has 4 atom stereocenters. The molecule has 2 rings (SSSR count). The number of azide groups is 1. The van der Waals surface area contributed by atoms with Crippen molar-refractivity contribution in [3.8, 4) is 0 Å². The second-order valence-corrected chi connectivity index (χ2v) is 6.19. The van der Waals surface area contributed by atoms with E-state index in [9.17, 15) is 24.3 Å². The molecule has 1 fully saturated rings. The molecule has 28 heavy (non-hydrogen) atoms. The number of carboxylic acid groups (broad SMARTS) is 1. The Bertz CT molecular complexity index is 902. The van der Waals surface area contributed by atoms with E-state index < -0.39 is 54.1 Å². The quantitative estimate of drug-likeness (QED) is 0.227. The van der Waals surface area contributed by atoms with Crippen molar-refractivity contribution >= 4 is 11.9 Å². The van der Waals surface area contributed by atoms with E-state index in [-0.39, 0.29) is 25.0 Å². The number of aromatic amines is 1. The summed E-state index contributed by atoms with van der Waals surface area (Å²) in [6, 6.07) is -0.766. The fourth-order valence-corrected chi connectivity index (χ4v) is 2.66. The minimum atomic E-state index is -1.62. The number of carboxylic acids is 1. The van der Waals surface area contributed by atoms with Crippen LogP contribution in [-0.2, 0) is 19.1 Å². The highest BCUT2D eigenvalue weighted by atomic mass is 16.6. The summed E-state index contributed by atoms with van der Waals surface area (Å²) in [6.45, 7) is 1.13. The Morgan fingerprint density at radius 3 is 2.89 bits per heavy atom. The van der Waals surface area contributed by atoms with Gasteiger partial charge in [-0.15, -0.1) is 0 Å². The molecule has 0 saturated carbocycles. The van der Waals surface area contributed by atoms with E-state index in [4.69, 9.17) is 20.1 Å². The van der Waals surface area contributed by atoms with Gasteiger partial charge >= 0.3 is 17.6 Å². The van der Waals surface area contributed by atoms with Crippen molar-refractivity contribution in [2.45, 2.75) is 50.7 Å². The Balaban J connectivity index is 2.06. The van der Waals surface area contributed by atoms with Gasteiger partial charge in [-0.2, -0.15) is 0 Å². The normalized spacial score (nSPS) is 22.3. The average Bonchev–Trinajstić information content (AvgIpc) is 3.03. The van der Waals surface area contributed by atoms with Gasteiger partial charge in [0, 0.05) is 29.5 Å². The van der Waals surface area contributed by atoms with Crippen LogP contribution < -0.4 is 11.2 Å². The van der Waals surface area contributed by atoms with Crippen LogP contribution >= 0.6 is 0 Å². The molecule has 1 saturated heterocycles. The molecule has 0 bridgehead atoms. The SMILES string of the molecule is Cc1cn([C@H]2C[C@H](N=[N+]=[N-])[C@@H](COC(=O)C(O)CCC(=O)O)O2)c(=O)[nH]c1=O. The van der Waals surface area contributed by atoms with Crippen LogP contribution in [0.3, 0.4) is 0 Å². The number of aliphatic carboxylic acids is 1. The lowest BCUT2D eigenvalue weighted by Crippen LogP contribution is -2.34. The number of ether oxygens (including phenoxy) is 2. The van der Waals surface area contributed by atoms with Crippen LogP contribution in [0.15, 0.2) is 20.9 Å². The number of esters is 1. The highest BCUT2D eigenvalue weighted by molar-refractivity contribution is 5.75. The minimum absolute atomic E-state index is 0.0965. The Labute approximate surface area is 157 Å². The van der Waals surface area contributed by atoms with Gasteiger partial charge in [0.05, 0.1) is 6.04 Å². The van der Waals surface area contributed by atoms with E-state index in [1.54, 1.807) is 0 Å². The summed E-state index contributed by atoms with van der Waals surface area (Å²) < 4.78 is 11.7. The standard InChI is InChI=1S/C15H19N5O8/c1-7-5-20(15(26)17-13(7)24)11-4-8(18-19-16)10(28-11)6-27-14(25)9(21)2-3-12(22)23/h5,8-11,21H,2-4,6H2,1H3,(H,22,23)(H,17,24,26)/t8-,9?,10+,11+/m0/s1. The topological polar surface area (TPSA) is 197 Å². The summed E-state index contributed by atoms with van der Waals surface area (Å²) in [5, 5.41) is 21.7. The Morgan fingerprint density at radius 2 is 2.25 bits per heavy atom. The number of aryl methyl sites for hydroxylation is 1. The molecule has 1 unspecified atom stereocenters. The number of hydrogen-bond acceptors (Lipinski definition) is 8. The summed E-state index contributed by atoms with van der Waals surface area (Å²) in [4.78, 5) is 50.5. The maximum atomic E-state index is 12.0. The monoisotopic (exact) mass is 397 g/mol. The zero-order chi connectivity index (χ0) is 20.8. The van der Waals surface area contributed by atoms with Crippen LogP contribution in [0, 0.1) is 6.92 Å². The van der Waals surface area contributed by atoms with E-state index in [0.29, 0.717) is 0 Å². The number of rotatable bonds is 8. The third-order valence-corrected chi connectivity index (χ3v) is 4.15. The lowest BCUT2D eigenvalue weighted by atomic mass is 10.1. The molecule has 1 aliphatic heterocycles. The summed E-state index contributed by atoms with van der Waals surface area (Å²) in [5.41, 5.74) is 7.74. The molecule has 0 aliphatic carbocycles. The predicted molar refractivity (Wildman–Crippen MR) is 91.4 cm³/mol. The van der Waals surface area contributed by atoms with Gasteiger partial charge in [0.1, 0.15) is 18.9 Å². The van der Waals surface area contributed by atoms with Gasteiger partial charge in [-0.1, -0.05) is 5.11 Å². The van der Waals surface area contributed by atoms with Gasteiger partial charge in [-0.05, 0) is 18.9 Å². The highest BCUT2D eigenvalue weighted by Gasteiger charge is 2.37. The molecule has 0 spiro atoms. The van der Waals surface area contributed by atoms with Crippen molar-refractivity contribution < 1.29 is 29.3 Å². The smallest absolute Gasteiger partial charge is 0.335 e. The fourth-order valence-electron chi connectivity index (χ4n) is 2.66. The second-order valence-electron chi connectivity index (χ2n) is 6.19. The molecule has 0 amide bonds. The van der Waals surface area contributed by atoms with Gasteiger partial charge in [0.25, 0.3) is 5.56 Å². The van der Waals surface area contributed by atoms with Crippen LogP contribution in [0.25, 0.3) is 10.4 Å². The molecule has 1 aromatic rings. The number of nitrogens with zero attached hydrogens (tertiary/aromatic N) is 4. The van der Waals surface area contributed by atoms with Crippen molar-refractivity contribution in [2.75, 3.05) is 6.61 Å². The fraction of sp³-hybridized carbons (Fsp3) is 0.600. The largest absolute Gasteiger partial charge is 0.481 e. The number of carbonyl (C=O) groups excluding carboxylic acids is 1. The summed E-state index contributed by atoms with van der Waals surface area (Å²) in [6.07, 6.45) is -2.68. The minimum Gasteiger partial charge on any atom is -0.481 e. The number of carbonyl (C=O) groups is 2. The van der Waals surface area contributed by atoms with Crippen molar-refractivity contribution in [1.29, 1.82) is 0 Å². The van der Waals surface area contributed by atoms with E-state index in [0.717, 1.165) is 4.57 Å². The van der Waals surface area contributed by atoms with Crippen LogP contribution in [0.4, 0.5) is 0 Å². The molecule has 13 heteroatoms.